The molecule has 3 aliphatic rings. The van der Waals surface area contributed by atoms with E-state index in [2.05, 4.69) is 61.4 Å². The highest BCUT2D eigenvalue weighted by atomic mass is 32.2. The molecule has 14 heteroatoms. The van der Waals surface area contributed by atoms with Crippen molar-refractivity contribution in [3.63, 3.8) is 0 Å². The van der Waals surface area contributed by atoms with Crippen molar-refractivity contribution in [2.45, 2.75) is 52.0 Å². The van der Waals surface area contributed by atoms with Crippen LogP contribution in [-0.4, -0.2) is 80.5 Å². The molecular weight excluding hydrogens is 688 g/mol. The van der Waals surface area contributed by atoms with Gasteiger partial charge in [0.25, 0.3) is 0 Å². The van der Waals surface area contributed by atoms with Crippen LogP contribution in [0.1, 0.15) is 49.8 Å². The molecule has 0 amide bonds. The highest BCUT2D eigenvalue weighted by Gasteiger charge is 2.35. The van der Waals surface area contributed by atoms with Crippen LogP contribution in [0.5, 0.6) is 5.75 Å². The lowest BCUT2D eigenvalue weighted by Crippen LogP contribution is -2.52. The Kier molecular flexibility index (Phi) is 10.2. The van der Waals surface area contributed by atoms with E-state index in [1.54, 1.807) is 29.7 Å². The number of halogens is 1. The third kappa shape index (κ3) is 7.57. The Morgan fingerprint density at radius 2 is 2.00 bits per heavy atom. The zero-order valence-electron chi connectivity index (χ0n) is 28.9. The number of aromatic nitrogens is 3. The summed E-state index contributed by atoms with van der Waals surface area (Å²) in [5, 5.41) is 26.4. The van der Waals surface area contributed by atoms with Gasteiger partial charge in [-0.2, -0.15) is 0 Å². The van der Waals surface area contributed by atoms with Crippen molar-refractivity contribution in [2.24, 2.45) is 4.99 Å². The van der Waals surface area contributed by atoms with Gasteiger partial charge in [0.2, 0.25) is 0 Å². The fourth-order valence-electron chi connectivity index (χ4n) is 6.53. The Labute approximate surface area is 303 Å². The number of piperazine rings is 1. The Hall–Kier alpha value is -4.55. The fourth-order valence-corrected chi connectivity index (χ4v) is 9.23. The van der Waals surface area contributed by atoms with E-state index in [1.165, 1.54) is 6.07 Å². The maximum atomic E-state index is 15.0. The average molecular weight is 729 g/mol. The van der Waals surface area contributed by atoms with E-state index in [4.69, 9.17) is 4.74 Å². The number of para-hydroxylation sites is 1. The number of ether oxygens (including phenoxy) is 1. The standard InChI is InChI=1S/C37H41FN8O3S2/c1-24-27-9-6-18-46(33(27)44-43-32(24)42-34-41-29-10-4-5-11-31(29)50-34)35-40-23-26(51(35)36(47)48)8-7-21-49-30-13-12-25(22-28(30)38)14-15-37(2,3)45-19-16-39-17-20-45/h4-5,10-13,22-23,39,51H,6-9,16-21H2,1-3H3,(H,47,48)(H,41,42,43). The number of hydrogen-bond donors (Lipinski definition) is 4. The van der Waals surface area contributed by atoms with E-state index in [1.807, 2.05) is 36.1 Å². The van der Waals surface area contributed by atoms with E-state index in [0.29, 0.717) is 41.8 Å². The van der Waals surface area contributed by atoms with E-state index in [9.17, 15) is 14.3 Å². The highest BCUT2D eigenvalue weighted by Crippen LogP contribution is 2.47. The number of allylic oxidation sites excluding steroid dienone is 1. The van der Waals surface area contributed by atoms with Crippen molar-refractivity contribution in [1.82, 2.24) is 25.4 Å². The van der Waals surface area contributed by atoms with Crippen LogP contribution in [0, 0.1) is 24.6 Å². The number of aliphatic imine (C=N–C) groups is 1. The van der Waals surface area contributed by atoms with Crippen molar-refractivity contribution in [2.75, 3.05) is 49.5 Å². The van der Waals surface area contributed by atoms with Gasteiger partial charge in [0.15, 0.2) is 33.5 Å². The number of fused-ring (bicyclic) bond motifs is 2. The molecule has 0 saturated carbocycles. The minimum Gasteiger partial charge on any atom is -0.491 e. The number of amidine groups is 1. The Morgan fingerprint density at radius 1 is 1.18 bits per heavy atom. The number of nitrogens with one attached hydrogen (secondary N) is 2. The SMILES string of the molecule is Cc1c(Nc2nc3ccccc3s2)nnc2c1CCCN2C1=NC=C(CCCOc2ccc(C#CC(C)(C)N3CCNCC3)cc2F)[SH]1C(=O)O. The number of thiazole rings is 1. The molecule has 0 spiro atoms. The number of anilines is 3. The van der Waals surface area contributed by atoms with Gasteiger partial charge in [0.05, 0.1) is 22.4 Å². The Balaban J connectivity index is 0.963. The molecular formula is C37H41FN8O3S2. The normalized spacial score (nSPS) is 18.4. The van der Waals surface area contributed by atoms with Crippen LogP contribution in [0.15, 0.2) is 58.6 Å². The quantitative estimate of drug-likeness (QED) is 0.0873. The smallest absolute Gasteiger partial charge is 0.355 e. The number of benzene rings is 2. The lowest BCUT2D eigenvalue weighted by atomic mass is 10.0. The molecule has 2 aromatic heterocycles. The molecule has 3 N–H and O–H groups in total. The van der Waals surface area contributed by atoms with E-state index in [-0.39, 0.29) is 17.9 Å². The molecule has 1 saturated heterocycles. The summed E-state index contributed by atoms with van der Waals surface area (Å²) in [7, 11) is -1.74. The first-order valence-electron chi connectivity index (χ1n) is 17.2. The zero-order chi connectivity index (χ0) is 35.5. The molecule has 1 fully saturated rings. The van der Waals surface area contributed by atoms with Crippen LogP contribution in [0.25, 0.3) is 10.2 Å². The first-order valence-corrected chi connectivity index (χ1v) is 19.3. The molecule has 11 nitrogen and oxygen atoms in total. The number of thiol groups is 1. The largest absolute Gasteiger partial charge is 0.491 e. The van der Waals surface area contributed by atoms with E-state index >= 15 is 0 Å². The van der Waals surface area contributed by atoms with Crippen molar-refractivity contribution >= 4 is 59.7 Å². The molecule has 266 valence electrons. The number of hydrogen-bond acceptors (Lipinski definition) is 11. The minimum atomic E-state index is -1.74. The van der Waals surface area contributed by atoms with Gasteiger partial charge in [-0.15, -0.1) is 10.2 Å². The van der Waals surface area contributed by atoms with E-state index in [0.717, 1.165) is 70.4 Å². The summed E-state index contributed by atoms with van der Waals surface area (Å²) in [5.74, 6) is 7.39. The Bertz CT molecular complexity index is 2050. The molecule has 1 unspecified atom stereocenters. The molecule has 5 heterocycles. The Morgan fingerprint density at radius 3 is 2.78 bits per heavy atom. The van der Waals surface area contributed by atoms with Crippen LogP contribution >= 0.6 is 22.2 Å². The van der Waals surface area contributed by atoms with Gasteiger partial charge < -0.3 is 25.4 Å². The lowest BCUT2D eigenvalue weighted by molar-refractivity contribution is 0.149. The summed E-state index contributed by atoms with van der Waals surface area (Å²) >= 11 is 1.55. The predicted molar refractivity (Wildman–Crippen MR) is 204 cm³/mol. The van der Waals surface area contributed by atoms with Crippen LogP contribution < -0.4 is 20.3 Å². The lowest BCUT2D eigenvalue weighted by Gasteiger charge is -2.37. The first-order chi connectivity index (χ1) is 24.7. The van der Waals surface area contributed by atoms with Crippen molar-refractivity contribution in [3.05, 3.63) is 76.1 Å². The van der Waals surface area contributed by atoms with Crippen molar-refractivity contribution in [3.8, 4) is 17.6 Å². The molecule has 51 heavy (non-hydrogen) atoms. The third-order valence-corrected chi connectivity index (χ3v) is 12.3. The summed E-state index contributed by atoms with van der Waals surface area (Å²) in [4.78, 5) is 26.9. The van der Waals surface area contributed by atoms with Gasteiger partial charge >= 0.3 is 5.30 Å². The van der Waals surface area contributed by atoms with Gasteiger partial charge in [0, 0.05) is 60.5 Å². The van der Waals surface area contributed by atoms with Crippen LogP contribution in [0.2, 0.25) is 0 Å². The fraction of sp³-hybridized carbons (Fsp3) is 0.378. The molecule has 0 aliphatic carbocycles. The van der Waals surface area contributed by atoms with Crippen LogP contribution in [-0.2, 0) is 6.42 Å². The first kappa shape index (κ1) is 34.9. The maximum absolute atomic E-state index is 15.0. The maximum Gasteiger partial charge on any atom is 0.355 e. The number of carboxylic acid groups (broad SMARTS) is 1. The summed E-state index contributed by atoms with van der Waals surface area (Å²) in [6.45, 7) is 10.7. The summed E-state index contributed by atoms with van der Waals surface area (Å²) in [6.07, 6.45) is 4.28. The number of rotatable bonds is 8. The second kappa shape index (κ2) is 15.0. The van der Waals surface area contributed by atoms with Gasteiger partial charge in [-0.3, -0.25) is 4.90 Å². The molecule has 3 aliphatic heterocycles. The molecule has 4 aromatic rings. The van der Waals surface area contributed by atoms with Gasteiger partial charge in [0.1, 0.15) is 0 Å². The van der Waals surface area contributed by atoms with Crippen LogP contribution in [0.4, 0.5) is 26.0 Å². The number of nitrogens with zero attached hydrogens (tertiary/aromatic N) is 6. The topological polar surface area (TPSA) is 128 Å². The predicted octanol–water partition coefficient (Wildman–Crippen LogP) is 6.81. The van der Waals surface area contributed by atoms with Crippen molar-refractivity contribution in [1.29, 1.82) is 0 Å². The molecule has 0 bridgehead atoms. The van der Waals surface area contributed by atoms with Gasteiger partial charge in [-0.05, 0) is 76.8 Å². The average Bonchev–Trinajstić information content (AvgIpc) is 3.75. The summed E-state index contributed by atoms with van der Waals surface area (Å²) in [5.41, 5.74) is 3.18. The second-order valence-electron chi connectivity index (χ2n) is 13.2. The monoisotopic (exact) mass is 728 g/mol. The molecule has 0 radical (unpaired) electrons. The van der Waals surface area contributed by atoms with Gasteiger partial charge in [-0.1, -0.05) is 46.2 Å². The zero-order valence-corrected chi connectivity index (χ0v) is 30.6. The van der Waals surface area contributed by atoms with Crippen LogP contribution in [0.3, 0.4) is 0 Å². The minimum absolute atomic E-state index is 0.149. The number of carbonyl (C=O) groups is 1. The van der Waals surface area contributed by atoms with Crippen molar-refractivity contribution < 1.29 is 19.0 Å². The molecule has 7 rings (SSSR count). The molecule has 2 aromatic carbocycles. The highest BCUT2D eigenvalue weighted by molar-refractivity contribution is 8.44. The third-order valence-electron chi connectivity index (χ3n) is 9.34. The second-order valence-corrected chi connectivity index (χ2v) is 16.2. The molecule has 1 atom stereocenters. The summed E-state index contributed by atoms with van der Waals surface area (Å²) in [6, 6.07) is 12.7. The van der Waals surface area contributed by atoms with Gasteiger partial charge in [-0.25, -0.2) is 19.2 Å². The van der Waals surface area contributed by atoms with E-state index < -0.39 is 22.0 Å². The summed E-state index contributed by atoms with van der Waals surface area (Å²) < 4.78 is 21.8.